The molecule has 0 aliphatic heterocycles. The first kappa shape index (κ1) is 17.1. The predicted molar refractivity (Wildman–Crippen MR) is 62.4 cm³/mol. The van der Waals surface area contributed by atoms with Gasteiger partial charge in [0.2, 0.25) is 0 Å². The molecule has 1 N–H and O–H groups in total. The molecule has 0 radical (unpaired) electrons. The Labute approximate surface area is 116 Å². The summed E-state index contributed by atoms with van der Waals surface area (Å²) in [4.78, 5) is 12.3. The molecule has 3 nitrogen and oxygen atoms in total. The van der Waals surface area contributed by atoms with E-state index < -0.39 is 30.5 Å². The molecule has 1 rings (SSSR count). The summed E-state index contributed by atoms with van der Waals surface area (Å²) in [6.07, 6.45) is -8.99. The van der Waals surface area contributed by atoms with E-state index in [9.17, 15) is 31.1 Å². The average Bonchev–Trinajstić information content (AvgIpc) is 2.34. The van der Waals surface area contributed by atoms with E-state index in [-0.39, 0.29) is 6.54 Å². The normalized spacial score (nSPS) is 12.1. The van der Waals surface area contributed by atoms with Crippen LogP contribution in [-0.2, 0) is 12.7 Å². The van der Waals surface area contributed by atoms with Gasteiger partial charge in [0.15, 0.2) is 0 Å². The van der Waals surface area contributed by atoms with Crippen molar-refractivity contribution < 1.29 is 31.1 Å². The minimum Gasteiger partial charge on any atom is -0.329 e. The highest BCUT2D eigenvalue weighted by atomic mass is 19.4. The maximum atomic E-state index is 12.3. The number of carbonyl (C=O) groups excluding carboxylic acids is 1. The fourth-order valence-corrected chi connectivity index (χ4v) is 1.46. The number of amides is 2. The third-order valence-corrected chi connectivity index (χ3v) is 2.49. The van der Waals surface area contributed by atoms with Gasteiger partial charge in [0, 0.05) is 13.6 Å². The van der Waals surface area contributed by atoms with Crippen LogP contribution in [0.15, 0.2) is 24.3 Å². The molecule has 0 spiro atoms. The Bertz CT molecular complexity index is 480. The fourth-order valence-electron chi connectivity index (χ4n) is 1.46. The van der Waals surface area contributed by atoms with Crippen molar-refractivity contribution in [3.8, 4) is 0 Å². The van der Waals surface area contributed by atoms with E-state index in [1.807, 2.05) is 0 Å². The van der Waals surface area contributed by atoms with Crippen LogP contribution in [0.3, 0.4) is 0 Å². The average molecular weight is 314 g/mol. The van der Waals surface area contributed by atoms with E-state index in [0.29, 0.717) is 5.56 Å². The summed E-state index contributed by atoms with van der Waals surface area (Å²) in [5, 5.41) is 1.66. The first-order valence-corrected chi connectivity index (χ1v) is 5.71. The minimum atomic E-state index is -4.52. The van der Waals surface area contributed by atoms with Gasteiger partial charge in [-0.1, -0.05) is 12.1 Å². The minimum absolute atomic E-state index is 0.109. The molecule has 0 aliphatic rings. The molecule has 0 aliphatic carbocycles. The van der Waals surface area contributed by atoms with Crippen LogP contribution in [0.5, 0.6) is 0 Å². The highest BCUT2D eigenvalue weighted by Gasteiger charge is 2.30. The van der Waals surface area contributed by atoms with Gasteiger partial charge in [-0.15, -0.1) is 0 Å². The zero-order valence-electron chi connectivity index (χ0n) is 10.8. The lowest BCUT2D eigenvalue weighted by atomic mass is 10.1. The lowest BCUT2D eigenvalue weighted by Gasteiger charge is -2.19. The fraction of sp³-hybridized carbons (Fsp3) is 0.417. The van der Waals surface area contributed by atoms with E-state index in [0.717, 1.165) is 29.2 Å². The van der Waals surface area contributed by atoms with Crippen molar-refractivity contribution in [2.75, 3.05) is 13.6 Å². The van der Waals surface area contributed by atoms with Crippen LogP contribution in [-0.4, -0.2) is 30.7 Å². The number of benzene rings is 1. The number of alkyl halides is 6. The Kier molecular flexibility index (Phi) is 5.08. The molecule has 2 amide bonds. The number of rotatable bonds is 3. The molecule has 9 heteroatoms. The molecule has 21 heavy (non-hydrogen) atoms. The van der Waals surface area contributed by atoms with Crippen LogP contribution >= 0.6 is 0 Å². The van der Waals surface area contributed by atoms with Gasteiger partial charge in [-0.25, -0.2) is 4.79 Å². The number of carbonyl (C=O) groups is 1. The van der Waals surface area contributed by atoms with Crippen molar-refractivity contribution in [1.82, 2.24) is 10.2 Å². The summed E-state index contributed by atoms with van der Waals surface area (Å²) in [6.45, 7) is -1.58. The summed E-state index contributed by atoms with van der Waals surface area (Å²) >= 11 is 0. The van der Waals surface area contributed by atoms with Crippen LogP contribution in [0.25, 0.3) is 0 Å². The third-order valence-electron chi connectivity index (χ3n) is 2.49. The van der Waals surface area contributed by atoms with E-state index in [2.05, 4.69) is 0 Å². The molecular formula is C12H12F6N2O. The molecule has 1 aromatic rings. The van der Waals surface area contributed by atoms with Crippen molar-refractivity contribution in [3.63, 3.8) is 0 Å². The van der Waals surface area contributed by atoms with Crippen molar-refractivity contribution in [2.24, 2.45) is 0 Å². The Morgan fingerprint density at radius 1 is 1.10 bits per heavy atom. The second-order valence-corrected chi connectivity index (χ2v) is 4.32. The van der Waals surface area contributed by atoms with Crippen molar-refractivity contribution in [1.29, 1.82) is 0 Å². The van der Waals surface area contributed by atoms with Gasteiger partial charge < -0.3 is 10.2 Å². The van der Waals surface area contributed by atoms with Crippen LogP contribution in [0.1, 0.15) is 11.1 Å². The maximum absolute atomic E-state index is 12.3. The Hall–Kier alpha value is -1.93. The molecule has 0 fully saturated rings. The number of urea groups is 1. The van der Waals surface area contributed by atoms with Crippen LogP contribution in [0.2, 0.25) is 0 Å². The monoisotopic (exact) mass is 314 g/mol. The highest BCUT2D eigenvalue weighted by Crippen LogP contribution is 2.29. The second kappa shape index (κ2) is 6.23. The largest absolute Gasteiger partial charge is 0.416 e. The summed E-state index contributed by atoms with van der Waals surface area (Å²) in [6, 6.07) is 3.05. The quantitative estimate of drug-likeness (QED) is 0.852. The summed E-state index contributed by atoms with van der Waals surface area (Å²) in [5.41, 5.74) is -0.469. The molecule has 0 bridgehead atoms. The second-order valence-electron chi connectivity index (χ2n) is 4.32. The number of nitrogens with zero attached hydrogens (tertiary/aromatic N) is 1. The standard InChI is InChI=1S/C12H12F6N2O/c1-20(10(21)19-7-11(13,14)15)6-8-2-4-9(5-3-8)12(16,17)18/h2-5H,6-7H2,1H3,(H,19,21). The molecule has 0 aromatic heterocycles. The van der Waals surface area contributed by atoms with Gasteiger partial charge in [-0.3, -0.25) is 0 Å². The molecule has 0 saturated carbocycles. The molecule has 0 saturated heterocycles. The lowest BCUT2D eigenvalue weighted by Crippen LogP contribution is -2.41. The van der Waals surface area contributed by atoms with Gasteiger partial charge in [0.1, 0.15) is 6.54 Å². The molecule has 118 valence electrons. The third kappa shape index (κ3) is 5.92. The molecule has 0 heterocycles. The Morgan fingerprint density at radius 3 is 2.05 bits per heavy atom. The summed E-state index contributed by atoms with van der Waals surface area (Å²) < 4.78 is 72.8. The van der Waals surface area contributed by atoms with Crippen LogP contribution < -0.4 is 5.32 Å². The van der Waals surface area contributed by atoms with Gasteiger partial charge in [0.05, 0.1) is 5.56 Å². The zero-order chi connectivity index (χ0) is 16.3. The van der Waals surface area contributed by atoms with Gasteiger partial charge in [-0.2, -0.15) is 26.3 Å². The summed E-state index contributed by atoms with van der Waals surface area (Å²) in [7, 11) is 1.24. The number of hydrogen-bond donors (Lipinski definition) is 1. The van der Waals surface area contributed by atoms with E-state index in [1.54, 1.807) is 5.32 Å². The van der Waals surface area contributed by atoms with E-state index in [4.69, 9.17) is 0 Å². The molecule has 1 aromatic carbocycles. The first-order chi connectivity index (χ1) is 9.49. The number of halogens is 6. The van der Waals surface area contributed by atoms with Gasteiger partial charge >= 0.3 is 18.4 Å². The maximum Gasteiger partial charge on any atom is 0.416 e. The first-order valence-electron chi connectivity index (χ1n) is 5.71. The smallest absolute Gasteiger partial charge is 0.329 e. The number of hydrogen-bond acceptors (Lipinski definition) is 1. The Balaban J connectivity index is 2.58. The van der Waals surface area contributed by atoms with Crippen molar-refractivity contribution in [2.45, 2.75) is 18.9 Å². The zero-order valence-corrected chi connectivity index (χ0v) is 10.8. The van der Waals surface area contributed by atoms with E-state index >= 15 is 0 Å². The SMILES string of the molecule is CN(Cc1ccc(C(F)(F)F)cc1)C(=O)NCC(F)(F)F. The lowest BCUT2D eigenvalue weighted by molar-refractivity contribution is -0.137. The van der Waals surface area contributed by atoms with Crippen molar-refractivity contribution in [3.05, 3.63) is 35.4 Å². The molecule has 0 atom stereocenters. The van der Waals surface area contributed by atoms with Crippen LogP contribution in [0.4, 0.5) is 31.1 Å². The van der Waals surface area contributed by atoms with E-state index in [1.165, 1.54) is 7.05 Å². The topological polar surface area (TPSA) is 32.3 Å². The van der Waals surface area contributed by atoms with Gasteiger partial charge in [0.25, 0.3) is 0 Å². The summed E-state index contributed by atoms with van der Waals surface area (Å²) in [5.74, 6) is 0. The number of nitrogens with one attached hydrogen (secondary N) is 1. The molecular weight excluding hydrogens is 302 g/mol. The van der Waals surface area contributed by atoms with Crippen molar-refractivity contribution >= 4 is 6.03 Å². The highest BCUT2D eigenvalue weighted by molar-refractivity contribution is 5.73. The molecule has 0 unspecified atom stereocenters. The predicted octanol–water partition coefficient (Wildman–Crippen LogP) is 3.41. The van der Waals surface area contributed by atoms with Crippen LogP contribution in [0, 0.1) is 0 Å². The van der Waals surface area contributed by atoms with Gasteiger partial charge in [-0.05, 0) is 17.7 Å². The Morgan fingerprint density at radius 2 is 1.62 bits per heavy atom.